The molecule has 36 heavy (non-hydrogen) atoms. The summed E-state index contributed by atoms with van der Waals surface area (Å²) in [4.78, 5) is 26.5. The van der Waals surface area contributed by atoms with Crippen molar-refractivity contribution in [3.63, 3.8) is 0 Å². The highest BCUT2D eigenvalue weighted by molar-refractivity contribution is 9.10. The summed E-state index contributed by atoms with van der Waals surface area (Å²) in [5, 5.41) is 10.6. The fraction of sp³-hybridized carbons (Fsp3) is 0.231. The Balaban J connectivity index is 1.75. The molecule has 0 amide bonds. The third kappa shape index (κ3) is 5.33. The molecule has 0 radical (unpaired) electrons. The van der Waals surface area contributed by atoms with Gasteiger partial charge in [-0.25, -0.2) is 14.4 Å². The average Bonchev–Trinajstić information content (AvgIpc) is 2.82. The zero-order chi connectivity index (χ0) is 26.2. The van der Waals surface area contributed by atoms with Gasteiger partial charge in [-0.2, -0.15) is 0 Å². The molecule has 0 atom stereocenters. The summed E-state index contributed by atoms with van der Waals surface area (Å²) in [5.74, 6) is 0.269. The van der Waals surface area contributed by atoms with E-state index in [4.69, 9.17) is 16.3 Å². The fourth-order valence-corrected chi connectivity index (χ4v) is 4.15. The number of halogens is 3. The van der Waals surface area contributed by atoms with Crippen molar-refractivity contribution in [2.24, 2.45) is 0 Å². The van der Waals surface area contributed by atoms with E-state index in [0.29, 0.717) is 28.5 Å². The maximum absolute atomic E-state index is 13.4. The SMILES string of the molecule is Cc1cnc(C(C)(C)O)nc1-c1cc(-n2c(C)cc(OCc3ccc(F)cc3)c(Br)c2=O)c(Cl)cn1. The molecule has 1 aromatic carbocycles. The Morgan fingerprint density at radius 2 is 1.83 bits per heavy atom. The van der Waals surface area contributed by atoms with Gasteiger partial charge in [0.1, 0.15) is 28.2 Å². The van der Waals surface area contributed by atoms with Gasteiger partial charge in [-0.1, -0.05) is 23.7 Å². The van der Waals surface area contributed by atoms with Crippen LogP contribution in [0.4, 0.5) is 4.39 Å². The predicted molar refractivity (Wildman–Crippen MR) is 139 cm³/mol. The van der Waals surface area contributed by atoms with Crippen LogP contribution in [0.1, 0.15) is 36.5 Å². The van der Waals surface area contributed by atoms with E-state index in [1.165, 1.54) is 22.9 Å². The lowest BCUT2D eigenvalue weighted by Gasteiger charge is -2.18. The fourth-order valence-electron chi connectivity index (χ4n) is 3.55. The number of nitrogens with zero attached hydrogens (tertiary/aromatic N) is 4. The molecule has 0 aliphatic rings. The first-order chi connectivity index (χ1) is 17.0. The molecule has 0 aliphatic carbocycles. The number of ether oxygens (including phenoxy) is 1. The van der Waals surface area contributed by atoms with Crippen LogP contribution in [-0.2, 0) is 12.2 Å². The van der Waals surface area contributed by atoms with Crippen molar-refractivity contribution in [1.82, 2.24) is 19.5 Å². The highest BCUT2D eigenvalue weighted by Gasteiger charge is 2.22. The summed E-state index contributed by atoms with van der Waals surface area (Å²) in [6, 6.07) is 9.33. The molecular weight excluding hydrogens is 551 g/mol. The van der Waals surface area contributed by atoms with E-state index in [2.05, 4.69) is 30.9 Å². The number of aromatic nitrogens is 4. The van der Waals surface area contributed by atoms with Gasteiger partial charge in [0, 0.05) is 24.2 Å². The second-order valence-electron chi connectivity index (χ2n) is 8.82. The lowest BCUT2D eigenvalue weighted by Crippen LogP contribution is -2.23. The number of hydrogen-bond acceptors (Lipinski definition) is 6. The van der Waals surface area contributed by atoms with Crippen molar-refractivity contribution in [2.45, 2.75) is 39.9 Å². The Bertz CT molecular complexity index is 1500. The predicted octanol–water partition coefficient (Wildman–Crippen LogP) is 5.67. The first-order valence-electron chi connectivity index (χ1n) is 11.0. The van der Waals surface area contributed by atoms with Crippen LogP contribution < -0.4 is 10.3 Å². The number of pyridine rings is 2. The third-order valence-corrected chi connectivity index (χ3v) is 6.47. The monoisotopic (exact) mass is 572 g/mol. The minimum absolute atomic E-state index is 0.165. The first kappa shape index (κ1) is 25.9. The molecule has 7 nitrogen and oxygen atoms in total. The Hall–Kier alpha value is -3.14. The van der Waals surface area contributed by atoms with Gasteiger partial charge in [0.2, 0.25) is 0 Å². The number of rotatable bonds is 6. The number of hydrogen-bond donors (Lipinski definition) is 1. The molecule has 0 saturated heterocycles. The molecule has 0 aliphatic heterocycles. The second-order valence-corrected chi connectivity index (χ2v) is 10.0. The molecule has 10 heteroatoms. The van der Waals surface area contributed by atoms with E-state index in [1.54, 1.807) is 51.2 Å². The van der Waals surface area contributed by atoms with Crippen LogP contribution in [0.3, 0.4) is 0 Å². The summed E-state index contributed by atoms with van der Waals surface area (Å²) < 4.78 is 20.7. The minimum Gasteiger partial charge on any atom is -0.487 e. The molecule has 186 valence electrons. The van der Waals surface area contributed by atoms with Crippen LogP contribution in [0.15, 0.2) is 58.1 Å². The second kappa shape index (κ2) is 10.1. The number of aryl methyl sites for hydroxylation is 2. The van der Waals surface area contributed by atoms with Crippen molar-refractivity contribution in [1.29, 1.82) is 0 Å². The summed E-state index contributed by atoms with van der Waals surface area (Å²) in [6.07, 6.45) is 3.07. The van der Waals surface area contributed by atoms with Gasteiger partial charge in [-0.15, -0.1) is 0 Å². The van der Waals surface area contributed by atoms with Crippen LogP contribution in [0.5, 0.6) is 5.75 Å². The van der Waals surface area contributed by atoms with Gasteiger partial charge < -0.3 is 9.84 Å². The first-order valence-corrected chi connectivity index (χ1v) is 12.1. The summed E-state index contributed by atoms with van der Waals surface area (Å²) in [5.41, 5.74) is 1.88. The standard InChI is InChI=1S/C26H23BrClFN4O3/c1-14-11-31-25(26(3,4)35)32-23(14)19-10-20(18(28)12-30-19)33-15(2)9-21(22(27)24(33)34)36-13-16-5-7-17(29)8-6-16/h5-12,35H,13H2,1-4H3. The van der Waals surface area contributed by atoms with E-state index in [0.717, 1.165) is 11.1 Å². The van der Waals surface area contributed by atoms with E-state index in [1.807, 2.05) is 6.92 Å². The van der Waals surface area contributed by atoms with Crippen LogP contribution in [-0.4, -0.2) is 24.6 Å². The molecule has 0 saturated carbocycles. The third-order valence-electron chi connectivity index (χ3n) is 5.45. The van der Waals surface area contributed by atoms with Gasteiger partial charge in [0.25, 0.3) is 5.56 Å². The van der Waals surface area contributed by atoms with E-state index in [9.17, 15) is 14.3 Å². The molecule has 4 rings (SSSR count). The molecule has 3 heterocycles. The molecule has 1 N–H and O–H groups in total. The van der Waals surface area contributed by atoms with E-state index >= 15 is 0 Å². The van der Waals surface area contributed by atoms with Crippen molar-refractivity contribution < 1.29 is 14.2 Å². The number of aliphatic hydroxyl groups is 1. The zero-order valence-electron chi connectivity index (χ0n) is 20.0. The Kier molecular flexibility index (Phi) is 7.26. The van der Waals surface area contributed by atoms with Gasteiger partial charge in [-0.05, 0) is 73.0 Å². The molecule has 0 fully saturated rings. The Morgan fingerprint density at radius 3 is 2.50 bits per heavy atom. The maximum atomic E-state index is 13.4. The van der Waals surface area contributed by atoms with Gasteiger partial charge >= 0.3 is 0 Å². The van der Waals surface area contributed by atoms with Crippen molar-refractivity contribution in [3.8, 4) is 22.8 Å². The van der Waals surface area contributed by atoms with Crippen molar-refractivity contribution in [2.75, 3.05) is 0 Å². The summed E-state index contributed by atoms with van der Waals surface area (Å²) >= 11 is 9.83. The van der Waals surface area contributed by atoms with E-state index < -0.39 is 5.60 Å². The zero-order valence-corrected chi connectivity index (χ0v) is 22.4. The van der Waals surface area contributed by atoms with E-state index in [-0.39, 0.29) is 33.3 Å². The quantitative estimate of drug-likeness (QED) is 0.320. The molecule has 0 unspecified atom stereocenters. The molecule has 4 aromatic rings. The molecular formula is C26H23BrClFN4O3. The molecule has 3 aromatic heterocycles. The number of benzene rings is 1. The lowest BCUT2D eigenvalue weighted by atomic mass is 10.1. The van der Waals surface area contributed by atoms with Gasteiger partial charge in [0.15, 0.2) is 5.82 Å². The highest BCUT2D eigenvalue weighted by Crippen LogP contribution is 2.30. The van der Waals surface area contributed by atoms with Crippen LogP contribution in [0, 0.1) is 19.7 Å². The maximum Gasteiger partial charge on any atom is 0.273 e. The average molecular weight is 574 g/mol. The van der Waals surface area contributed by atoms with Gasteiger partial charge in [0.05, 0.1) is 22.1 Å². The van der Waals surface area contributed by atoms with Crippen molar-refractivity contribution in [3.05, 3.63) is 97.1 Å². The van der Waals surface area contributed by atoms with Crippen LogP contribution in [0.25, 0.3) is 17.1 Å². The smallest absolute Gasteiger partial charge is 0.273 e. The largest absolute Gasteiger partial charge is 0.487 e. The highest BCUT2D eigenvalue weighted by atomic mass is 79.9. The van der Waals surface area contributed by atoms with Crippen LogP contribution in [0.2, 0.25) is 5.02 Å². The topological polar surface area (TPSA) is 90.1 Å². The molecule has 0 spiro atoms. The molecule has 0 bridgehead atoms. The normalized spacial score (nSPS) is 11.6. The van der Waals surface area contributed by atoms with Gasteiger partial charge in [-0.3, -0.25) is 14.3 Å². The Morgan fingerprint density at radius 1 is 1.14 bits per heavy atom. The van der Waals surface area contributed by atoms with Crippen molar-refractivity contribution >= 4 is 27.5 Å². The summed E-state index contributed by atoms with van der Waals surface area (Å²) in [6.45, 7) is 6.96. The lowest BCUT2D eigenvalue weighted by molar-refractivity contribution is 0.0688. The summed E-state index contributed by atoms with van der Waals surface area (Å²) in [7, 11) is 0. The Labute approximate surface area is 220 Å². The minimum atomic E-state index is -1.24. The van der Waals surface area contributed by atoms with Crippen LogP contribution >= 0.6 is 27.5 Å².